The highest BCUT2D eigenvalue weighted by atomic mass is 35.5. The van der Waals surface area contributed by atoms with Gasteiger partial charge in [-0.1, -0.05) is 57.8 Å². The van der Waals surface area contributed by atoms with Crippen molar-refractivity contribution in [2.24, 2.45) is 11.8 Å². The summed E-state index contributed by atoms with van der Waals surface area (Å²) in [6, 6.07) is 5.54. The van der Waals surface area contributed by atoms with Crippen molar-refractivity contribution in [3.8, 4) is 0 Å². The summed E-state index contributed by atoms with van der Waals surface area (Å²) >= 11 is 6.25. The van der Waals surface area contributed by atoms with Crippen LogP contribution in [0.25, 0.3) is 0 Å². The third kappa shape index (κ3) is 9.70. The fourth-order valence-electron chi connectivity index (χ4n) is 4.33. The smallest absolute Gasteiger partial charge is 0.273 e. The fourth-order valence-corrected chi connectivity index (χ4v) is 4.58. The maximum absolute atomic E-state index is 13.7. The number of likely N-dealkylation sites (tertiary alicyclic amines) is 1. The molecule has 1 fully saturated rings. The Morgan fingerprint density at radius 2 is 1.95 bits per heavy atom. The molecule has 1 aromatic carbocycles. The number of nitrogen functional groups attached to an aromatic ring is 1. The highest BCUT2D eigenvalue weighted by Crippen LogP contribution is 2.26. The lowest BCUT2D eigenvalue weighted by atomic mass is 9.99. The van der Waals surface area contributed by atoms with Crippen molar-refractivity contribution in [1.29, 1.82) is 0 Å². The van der Waals surface area contributed by atoms with Gasteiger partial charge in [-0.2, -0.15) is 0 Å². The van der Waals surface area contributed by atoms with E-state index in [2.05, 4.69) is 52.8 Å². The molecule has 212 valence electrons. The van der Waals surface area contributed by atoms with E-state index >= 15 is 0 Å². The molecule has 38 heavy (non-hydrogen) atoms. The van der Waals surface area contributed by atoms with Crippen molar-refractivity contribution in [2.75, 3.05) is 43.4 Å². The largest absolute Gasteiger partial charge is 0.382 e. The predicted molar refractivity (Wildman–Crippen MR) is 156 cm³/mol. The third-order valence-electron chi connectivity index (χ3n) is 6.92. The molecule has 0 bridgehead atoms. The first kappa shape index (κ1) is 31.8. The molecule has 3 rings (SSSR count). The number of nitrogens with zero attached hydrogens (tertiary/aromatic N) is 4. The number of carbonyl (C=O) groups is 1. The van der Waals surface area contributed by atoms with E-state index in [1.165, 1.54) is 12.8 Å². The van der Waals surface area contributed by atoms with E-state index in [1.807, 2.05) is 26.0 Å². The topological polar surface area (TPSA) is 87.4 Å². The van der Waals surface area contributed by atoms with Crippen LogP contribution in [0.2, 0.25) is 5.15 Å². The first-order valence-electron chi connectivity index (χ1n) is 13.9. The summed E-state index contributed by atoms with van der Waals surface area (Å²) in [5.74, 6) is 1.58. The zero-order valence-electron chi connectivity index (χ0n) is 24.0. The van der Waals surface area contributed by atoms with Gasteiger partial charge in [0.15, 0.2) is 22.5 Å². The summed E-state index contributed by atoms with van der Waals surface area (Å²) < 4.78 is 13.7. The molecule has 2 heterocycles. The molecule has 1 aromatic heterocycles. The van der Waals surface area contributed by atoms with Gasteiger partial charge in [0, 0.05) is 31.7 Å². The number of nitrogens with one attached hydrogen (secondary N) is 1. The molecule has 9 heteroatoms. The number of carbonyl (C=O) groups excluding carboxylic acids is 1. The van der Waals surface area contributed by atoms with Crippen molar-refractivity contribution in [1.82, 2.24) is 20.2 Å². The van der Waals surface area contributed by atoms with Crippen LogP contribution in [0.4, 0.5) is 16.0 Å². The average Bonchev–Trinajstić information content (AvgIpc) is 2.88. The molecule has 0 spiro atoms. The quantitative estimate of drug-likeness (QED) is 0.373. The lowest BCUT2D eigenvalue weighted by Crippen LogP contribution is -2.32. The number of amides is 1. The normalized spacial score (nSPS) is 14.9. The summed E-state index contributed by atoms with van der Waals surface area (Å²) in [5, 5.41) is 2.87. The van der Waals surface area contributed by atoms with Crippen molar-refractivity contribution in [3.05, 3.63) is 46.0 Å². The number of hydrogen-bond acceptors (Lipinski definition) is 6. The molecule has 1 unspecified atom stereocenters. The van der Waals surface area contributed by atoms with Gasteiger partial charge in [0.25, 0.3) is 5.91 Å². The molecule has 2 aromatic rings. The molecule has 1 amide bonds. The van der Waals surface area contributed by atoms with Gasteiger partial charge in [-0.25, -0.2) is 14.4 Å². The van der Waals surface area contributed by atoms with Crippen molar-refractivity contribution < 1.29 is 9.18 Å². The summed E-state index contributed by atoms with van der Waals surface area (Å²) in [7, 11) is 0. The lowest BCUT2D eigenvalue weighted by Gasteiger charge is -2.30. The Morgan fingerprint density at radius 1 is 1.26 bits per heavy atom. The van der Waals surface area contributed by atoms with Gasteiger partial charge in [0.2, 0.25) is 0 Å². The van der Waals surface area contributed by atoms with Crippen LogP contribution in [0.3, 0.4) is 0 Å². The molecule has 0 radical (unpaired) electrons. The van der Waals surface area contributed by atoms with Crippen LogP contribution >= 0.6 is 11.6 Å². The van der Waals surface area contributed by atoms with Crippen LogP contribution in [-0.4, -0.2) is 53.5 Å². The minimum atomic E-state index is -0.357. The van der Waals surface area contributed by atoms with Gasteiger partial charge in [-0.3, -0.25) is 9.69 Å². The number of hydrogen-bond donors (Lipinski definition) is 2. The first-order chi connectivity index (χ1) is 18.1. The summed E-state index contributed by atoms with van der Waals surface area (Å²) in [6.45, 7) is 17.6. The van der Waals surface area contributed by atoms with Crippen LogP contribution in [0, 0.1) is 24.6 Å². The molecule has 3 N–H and O–H groups in total. The van der Waals surface area contributed by atoms with Crippen molar-refractivity contribution in [3.63, 3.8) is 0 Å². The van der Waals surface area contributed by atoms with Crippen LogP contribution < -0.4 is 16.0 Å². The Morgan fingerprint density at radius 3 is 2.53 bits per heavy atom. The minimum absolute atomic E-state index is 0.0568. The van der Waals surface area contributed by atoms with Gasteiger partial charge in [-0.15, -0.1) is 0 Å². The molecule has 0 aliphatic carbocycles. The molecule has 1 aliphatic heterocycles. The third-order valence-corrected chi connectivity index (χ3v) is 7.17. The van der Waals surface area contributed by atoms with E-state index < -0.39 is 0 Å². The second-order valence-corrected chi connectivity index (χ2v) is 10.8. The predicted octanol–water partition coefficient (Wildman–Crippen LogP) is 6.09. The van der Waals surface area contributed by atoms with E-state index in [1.54, 1.807) is 6.07 Å². The van der Waals surface area contributed by atoms with E-state index in [9.17, 15) is 9.18 Å². The van der Waals surface area contributed by atoms with Crippen molar-refractivity contribution in [2.45, 2.75) is 73.8 Å². The standard InChI is InChI=1S/C15H26ClN5O.C14H20FN/c1-5-8-21(9-10(4)6-2)14-12(16)19-11(13(17)20-14)15(22)18-7-3;1-11-5-7-16(8-6-11)10-13-4-3-12(2)9-14(13)15/h10H,5-9H2,1-4H3,(H2,17,20)(H,18,22);3-4,9,11H,5-8,10H2,1-2H3. The Balaban J connectivity index is 0.000000279. The number of aromatic nitrogens is 2. The van der Waals surface area contributed by atoms with Gasteiger partial charge >= 0.3 is 0 Å². The van der Waals surface area contributed by atoms with Crippen LogP contribution in [-0.2, 0) is 6.54 Å². The highest BCUT2D eigenvalue weighted by molar-refractivity contribution is 6.32. The number of aryl methyl sites for hydroxylation is 1. The summed E-state index contributed by atoms with van der Waals surface area (Å²) in [5.41, 5.74) is 7.81. The van der Waals surface area contributed by atoms with E-state index in [0.29, 0.717) is 18.3 Å². The average molecular weight is 549 g/mol. The Kier molecular flexibility index (Phi) is 13.2. The second kappa shape index (κ2) is 15.8. The number of piperidine rings is 1. The van der Waals surface area contributed by atoms with Crippen LogP contribution in [0.5, 0.6) is 0 Å². The summed E-state index contributed by atoms with van der Waals surface area (Å²) in [6.07, 6.45) is 4.52. The monoisotopic (exact) mass is 548 g/mol. The Hall–Kier alpha value is -2.45. The Labute approximate surface area is 233 Å². The van der Waals surface area contributed by atoms with E-state index in [-0.39, 0.29) is 28.4 Å². The molecular weight excluding hydrogens is 503 g/mol. The van der Waals surface area contributed by atoms with Crippen LogP contribution in [0.15, 0.2) is 18.2 Å². The molecule has 1 saturated heterocycles. The number of rotatable bonds is 10. The molecule has 7 nitrogen and oxygen atoms in total. The van der Waals surface area contributed by atoms with Gasteiger partial charge < -0.3 is 16.0 Å². The minimum Gasteiger partial charge on any atom is -0.382 e. The molecule has 1 aliphatic rings. The number of nitrogens with two attached hydrogens (primary N) is 1. The maximum Gasteiger partial charge on any atom is 0.273 e. The summed E-state index contributed by atoms with van der Waals surface area (Å²) in [4.78, 5) is 24.8. The van der Waals surface area contributed by atoms with Gasteiger partial charge in [-0.05, 0) is 69.7 Å². The lowest BCUT2D eigenvalue weighted by molar-refractivity contribution is 0.0951. The Bertz CT molecular complexity index is 1030. The zero-order valence-corrected chi connectivity index (χ0v) is 24.7. The first-order valence-corrected chi connectivity index (χ1v) is 14.3. The van der Waals surface area contributed by atoms with Crippen LogP contribution in [0.1, 0.15) is 81.9 Å². The van der Waals surface area contributed by atoms with E-state index in [0.717, 1.165) is 62.6 Å². The van der Waals surface area contributed by atoms with Crippen molar-refractivity contribution >= 4 is 29.1 Å². The highest BCUT2D eigenvalue weighted by Gasteiger charge is 2.21. The molecule has 1 atom stereocenters. The van der Waals surface area contributed by atoms with Gasteiger partial charge in [0.05, 0.1) is 0 Å². The SMILES string of the molecule is CCCN(CC(C)CC)c1nc(N)c(C(=O)NCC)nc1Cl.Cc1ccc(CN2CCC(C)CC2)c(F)c1. The maximum atomic E-state index is 13.7. The molecular formula is C29H46ClFN6O. The number of halogens is 2. The van der Waals surface area contributed by atoms with E-state index in [4.69, 9.17) is 17.3 Å². The zero-order chi connectivity index (χ0) is 28.2. The fraction of sp³-hybridized carbons (Fsp3) is 0.621. The second-order valence-electron chi connectivity index (χ2n) is 10.4. The number of benzene rings is 1. The molecule has 0 saturated carbocycles. The van der Waals surface area contributed by atoms with Gasteiger partial charge in [0.1, 0.15) is 5.82 Å². The number of anilines is 2.